The number of hydrogen-bond acceptors (Lipinski definition) is 7. The van der Waals surface area contributed by atoms with Crippen LogP contribution in [-0.2, 0) is 4.79 Å². The summed E-state index contributed by atoms with van der Waals surface area (Å²) in [6.45, 7) is 1.53. The Bertz CT molecular complexity index is 1100. The number of anilines is 1. The number of ether oxygens (including phenoxy) is 1. The molecule has 2 fully saturated rings. The lowest BCUT2D eigenvalue weighted by Crippen LogP contribution is -2.44. The van der Waals surface area contributed by atoms with E-state index in [0.717, 1.165) is 67.0 Å². The summed E-state index contributed by atoms with van der Waals surface area (Å²) in [6.07, 6.45) is 11.7. The molecular formula is C26H33N5O3. The average Bonchev–Trinajstić information content (AvgIpc) is 3.30. The molecule has 2 aliphatic rings. The minimum atomic E-state index is 0.0579. The Kier molecular flexibility index (Phi) is 6.92. The van der Waals surface area contributed by atoms with Crippen LogP contribution in [0.1, 0.15) is 57.8 Å². The molecule has 1 N–H and O–H groups in total. The molecule has 0 atom stereocenters. The third-order valence-corrected chi connectivity index (χ3v) is 7.23. The summed E-state index contributed by atoms with van der Waals surface area (Å²) < 4.78 is 10.8. The SMILES string of the molecule is COc1ccc(-c2noc3ncnc(N4CCC(C(=O)NC5CCCCCCC5)CC4)c23)cc1. The van der Waals surface area contributed by atoms with Gasteiger partial charge < -0.3 is 19.5 Å². The number of nitrogens with zero attached hydrogens (tertiary/aromatic N) is 4. The Hall–Kier alpha value is -3.16. The maximum Gasteiger partial charge on any atom is 0.263 e. The van der Waals surface area contributed by atoms with Crippen molar-refractivity contribution in [2.24, 2.45) is 5.92 Å². The van der Waals surface area contributed by atoms with E-state index in [1.807, 2.05) is 24.3 Å². The lowest BCUT2D eigenvalue weighted by Gasteiger charge is -2.33. The van der Waals surface area contributed by atoms with Crippen LogP contribution in [0, 0.1) is 5.92 Å². The number of fused-ring (bicyclic) bond motifs is 1. The van der Waals surface area contributed by atoms with Crippen molar-refractivity contribution in [3.05, 3.63) is 30.6 Å². The molecule has 1 aromatic carbocycles. The fourth-order valence-electron chi connectivity index (χ4n) is 5.23. The van der Waals surface area contributed by atoms with Gasteiger partial charge in [-0.3, -0.25) is 4.79 Å². The van der Waals surface area contributed by atoms with Gasteiger partial charge in [0.05, 0.1) is 7.11 Å². The Morgan fingerprint density at radius 1 is 1.00 bits per heavy atom. The fraction of sp³-hybridized carbons (Fsp3) is 0.538. The second-order valence-electron chi connectivity index (χ2n) is 9.45. The van der Waals surface area contributed by atoms with Gasteiger partial charge in [0.1, 0.15) is 29.0 Å². The fourth-order valence-corrected chi connectivity index (χ4v) is 5.23. The molecule has 180 valence electrons. The van der Waals surface area contributed by atoms with Gasteiger partial charge in [0.15, 0.2) is 0 Å². The quantitative estimate of drug-likeness (QED) is 0.584. The van der Waals surface area contributed by atoms with Crippen LogP contribution in [-0.4, -0.2) is 47.3 Å². The summed E-state index contributed by atoms with van der Waals surface area (Å²) >= 11 is 0. The van der Waals surface area contributed by atoms with Gasteiger partial charge in [-0.25, -0.2) is 4.98 Å². The van der Waals surface area contributed by atoms with Crippen molar-refractivity contribution in [3.8, 4) is 17.0 Å². The maximum absolute atomic E-state index is 13.0. The highest BCUT2D eigenvalue weighted by atomic mass is 16.5. The normalized spacial score (nSPS) is 18.4. The van der Waals surface area contributed by atoms with E-state index < -0.39 is 0 Å². The monoisotopic (exact) mass is 463 g/mol. The molecule has 8 nitrogen and oxygen atoms in total. The molecule has 0 radical (unpaired) electrons. The molecule has 1 saturated carbocycles. The van der Waals surface area contributed by atoms with E-state index in [-0.39, 0.29) is 11.8 Å². The zero-order valence-corrected chi connectivity index (χ0v) is 19.8. The summed E-state index contributed by atoms with van der Waals surface area (Å²) in [5.41, 5.74) is 2.11. The zero-order valence-electron chi connectivity index (χ0n) is 19.8. The Morgan fingerprint density at radius 2 is 1.71 bits per heavy atom. The molecule has 1 aliphatic carbocycles. The van der Waals surface area contributed by atoms with Crippen LogP contribution in [0.5, 0.6) is 5.75 Å². The van der Waals surface area contributed by atoms with E-state index >= 15 is 0 Å². The first-order chi connectivity index (χ1) is 16.7. The number of methoxy groups -OCH3 is 1. The van der Waals surface area contributed by atoms with Crippen molar-refractivity contribution in [1.82, 2.24) is 20.4 Å². The molecule has 3 aromatic rings. The van der Waals surface area contributed by atoms with Gasteiger partial charge in [0, 0.05) is 30.6 Å². The lowest BCUT2D eigenvalue weighted by molar-refractivity contribution is -0.126. The van der Waals surface area contributed by atoms with Crippen LogP contribution in [0.2, 0.25) is 0 Å². The summed E-state index contributed by atoms with van der Waals surface area (Å²) in [4.78, 5) is 24.1. The third kappa shape index (κ3) is 4.86. The Balaban J connectivity index is 1.28. The van der Waals surface area contributed by atoms with Gasteiger partial charge in [-0.1, -0.05) is 37.3 Å². The van der Waals surface area contributed by atoms with Crippen LogP contribution in [0.4, 0.5) is 5.82 Å². The van der Waals surface area contributed by atoms with Gasteiger partial charge >= 0.3 is 0 Å². The zero-order chi connectivity index (χ0) is 23.3. The minimum absolute atomic E-state index is 0.0579. The van der Waals surface area contributed by atoms with E-state index in [2.05, 4.69) is 25.3 Å². The molecule has 0 spiro atoms. The number of rotatable bonds is 5. The summed E-state index contributed by atoms with van der Waals surface area (Å²) in [7, 11) is 1.65. The van der Waals surface area contributed by atoms with Crippen LogP contribution in [0.3, 0.4) is 0 Å². The molecule has 0 unspecified atom stereocenters. The number of nitrogens with one attached hydrogen (secondary N) is 1. The van der Waals surface area contributed by atoms with Crippen LogP contribution < -0.4 is 15.0 Å². The van der Waals surface area contributed by atoms with Gasteiger partial charge in [0.25, 0.3) is 5.71 Å². The molecule has 2 aromatic heterocycles. The van der Waals surface area contributed by atoms with E-state index in [1.165, 1.54) is 38.4 Å². The second-order valence-corrected chi connectivity index (χ2v) is 9.45. The molecule has 3 heterocycles. The first kappa shape index (κ1) is 22.6. The first-order valence-corrected chi connectivity index (χ1v) is 12.5. The van der Waals surface area contributed by atoms with Crippen LogP contribution in [0.15, 0.2) is 35.1 Å². The molecule has 1 aliphatic heterocycles. The van der Waals surface area contributed by atoms with Gasteiger partial charge in [-0.2, -0.15) is 4.98 Å². The standard InChI is InChI=1S/C26H33N5O3/c1-33-21-11-9-18(10-12-21)23-22-24(27-17-28-26(22)34-30-23)31-15-13-19(14-16-31)25(32)29-20-7-5-3-2-4-6-8-20/h9-12,17,19-20H,2-8,13-16H2,1H3,(H,29,32). The number of piperidine rings is 1. The second kappa shape index (κ2) is 10.4. The van der Waals surface area contributed by atoms with E-state index in [4.69, 9.17) is 9.26 Å². The average molecular weight is 464 g/mol. The molecule has 0 bridgehead atoms. The number of carbonyl (C=O) groups is 1. The van der Waals surface area contributed by atoms with Crippen molar-refractivity contribution in [3.63, 3.8) is 0 Å². The van der Waals surface area contributed by atoms with E-state index in [9.17, 15) is 4.79 Å². The minimum Gasteiger partial charge on any atom is -0.497 e. The maximum atomic E-state index is 13.0. The third-order valence-electron chi connectivity index (χ3n) is 7.23. The van der Waals surface area contributed by atoms with Gasteiger partial charge in [0.2, 0.25) is 5.91 Å². The number of carbonyl (C=O) groups excluding carboxylic acids is 1. The smallest absolute Gasteiger partial charge is 0.263 e. The van der Waals surface area contributed by atoms with Crippen molar-refractivity contribution < 1.29 is 14.1 Å². The van der Waals surface area contributed by atoms with E-state index in [0.29, 0.717) is 11.8 Å². The first-order valence-electron chi connectivity index (χ1n) is 12.5. The highest BCUT2D eigenvalue weighted by Gasteiger charge is 2.29. The Morgan fingerprint density at radius 3 is 2.41 bits per heavy atom. The molecule has 34 heavy (non-hydrogen) atoms. The summed E-state index contributed by atoms with van der Waals surface area (Å²) in [5.74, 6) is 1.88. The number of benzene rings is 1. The van der Waals surface area contributed by atoms with Gasteiger partial charge in [-0.15, -0.1) is 0 Å². The highest BCUT2D eigenvalue weighted by Crippen LogP contribution is 2.35. The number of hydrogen-bond donors (Lipinski definition) is 1. The van der Waals surface area contributed by atoms with Crippen LogP contribution in [0.25, 0.3) is 22.4 Å². The Labute approximate surface area is 200 Å². The lowest BCUT2D eigenvalue weighted by atomic mass is 9.93. The molecule has 1 amide bonds. The number of aromatic nitrogens is 3. The molecule has 1 saturated heterocycles. The van der Waals surface area contributed by atoms with Crippen molar-refractivity contribution in [2.45, 2.75) is 63.8 Å². The highest BCUT2D eigenvalue weighted by molar-refractivity contribution is 5.98. The number of amides is 1. The van der Waals surface area contributed by atoms with Crippen LogP contribution >= 0.6 is 0 Å². The van der Waals surface area contributed by atoms with Gasteiger partial charge in [-0.05, 0) is 49.9 Å². The summed E-state index contributed by atoms with van der Waals surface area (Å²) in [5, 5.41) is 8.46. The topological polar surface area (TPSA) is 93.4 Å². The van der Waals surface area contributed by atoms with Crippen molar-refractivity contribution >= 4 is 22.8 Å². The molecule has 5 rings (SSSR count). The predicted octanol–water partition coefficient (Wildman–Crippen LogP) is 4.74. The predicted molar refractivity (Wildman–Crippen MR) is 131 cm³/mol. The largest absolute Gasteiger partial charge is 0.497 e. The van der Waals surface area contributed by atoms with E-state index in [1.54, 1.807) is 7.11 Å². The molecular weight excluding hydrogens is 430 g/mol. The van der Waals surface area contributed by atoms with Crippen molar-refractivity contribution in [2.75, 3.05) is 25.1 Å². The summed E-state index contributed by atoms with van der Waals surface area (Å²) in [6, 6.07) is 8.06. The molecule has 8 heteroatoms. The van der Waals surface area contributed by atoms with Crippen molar-refractivity contribution in [1.29, 1.82) is 0 Å².